The van der Waals surface area contributed by atoms with Gasteiger partial charge in [-0.2, -0.15) is 0 Å². The van der Waals surface area contributed by atoms with Crippen LogP contribution < -0.4 is 5.46 Å². The molecule has 1 aromatic carbocycles. The van der Waals surface area contributed by atoms with E-state index in [9.17, 15) is 9.82 Å². The monoisotopic (exact) mass is 222 g/mol. The van der Waals surface area contributed by atoms with Gasteiger partial charge in [-0.25, -0.2) is 4.79 Å². The number of hydrogen-bond acceptors (Lipinski definition) is 4. The molecule has 0 fully saturated rings. The Labute approximate surface area is 95.3 Å². The van der Waals surface area contributed by atoms with Gasteiger partial charge in [-0.1, -0.05) is 43.7 Å². The van der Waals surface area contributed by atoms with Crippen LogP contribution in [0.1, 0.15) is 19.8 Å². The molecule has 1 aromatic rings. The molecule has 0 bridgehead atoms. The zero-order valence-corrected chi connectivity index (χ0v) is 9.26. The largest absolute Gasteiger partial charge is 0.564 e. The SMILES string of the molecule is CCCCOC(=O)OB(O)c1ccccc1. The molecule has 5 heteroatoms. The number of benzene rings is 1. The van der Waals surface area contributed by atoms with Crippen molar-refractivity contribution in [3.05, 3.63) is 30.3 Å². The summed E-state index contributed by atoms with van der Waals surface area (Å²) in [4.78, 5) is 11.1. The van der Waals surface area contributed by atoms with Gasteiger partial charge in [0.2, 0.25) is 0 Å². The van der Waals surface area contributed by atoms with E-state index in [1.54, 1.807) is 24.3 Å². The van der Waals surface area contributed by atoms with E-state index in [1.807, 2.05) is 13.0 Å². The lowest BCUT2D eigenvalue weighted by Crippen LogP contribution is -2.35. The van der Waals surface area contributed by atoms with Crippen molar-refractivity contribution < 1.29 is 19.2 Å². The molecule has 0 heterocycles. The number of rotatable bonds is 5. The molecule has 1 rings (SSSR count). The molecule has 4 nitrogen and oxygen atoms in total. The molecular weight excluding hydrogens is 207 g/mol. The van der Waals surface area contributed by atoms with Crippen LogP contribution in [-0.2, 0) is 9.39 Å². The Kier molecular flexibility index (Phi) is 5.43. The van der Waals surface area contributed by atoms with Gasteiger partial charge in [-0.05, 0) is 11.9 Å². The average molecular weight is 222 g/mol. The van der Waals surface area contributed by atoms with Crippen molar-refractivity contribution in [2.45, 2.75) is 19.8 Å². The summed E-state index contributed by atoms with van der Waals surface area (Å²) in [5.41, 5.74) is 0.523. The zero-order chi connectivity index (χ0) is 11.8. The van der Waals surface area contributed by atoms with Crippen LogP contribution in [0.15, 0.2) is 30.3 Å². The Morgan fingerprint density at radius 2 is 2.06 bits per heavy atom. The highest BCUT2D eigenvalue weighted by Crippen LogP contribution is 1.94. The van der Waals surface area contributed by atoms with Crippen LogP contribution in [0, 0.1) is 0 Å². The van der Waals surface area contributed by atoms with E-state index in [-0.39, 0.29) is 0 Å². The van der Waals surface area contributed by atoms with Crippen LogP contribution in [0.25, 0.3) is 0 Å². The van der Waals surface area contributed by atoms with Crippen molar-refractivity contribution in [2.75, 3.05) is 6.61 Å². The van der Waals surface area contributed by atoms with Gasteiger partial charge in [0.1, 0.15) is 0 Å². The number of carbonyl (C=O) groups is 1. The minimum atomic E-state index is -1.27. The van der Waals surface area contributed by atoms with Gasteiger partial charge in [-0.15, -0.1) is 0 Å². The molecule has 0 saturated carbocycles. The van der Waals surface area contributed by atoms with Gasteiger partial charge in [0.15, 0.2) is 0 Å². The number of hydrogen-bond donors (Lipinski definition) is 1. The molecular formula is C11H15BO4. The Hall–Kier alpha value is -1.49. The van der Waals surface area contributed by atoms with Crippen molar-refractivity contribution in [3.63, 3.8) is 0 Å². The van der Waals surface area contributed by atoms with Gasteiger partial charge in [0.25, 0.3) is 0 Å². The normalized spacial score (nSPS) is 9.62. The summed E-state index contributed by atoms with van der Waals surface area (Å²) < 4.78 is 9.43. The average Bonchev–Trinajstić information content (AvgIpc) is 2.30. The topological polar surface area (TPSA) is 55.8 Å². The van der Waals surface area contributed by atoms with Gasteiger partial charge < -0.3 is 14.4 Å². The Morgan fingerprint density at radius 1 is 1.38 bits per heavy atom. The van der Waals surface area contributed by atoms with Crippen molar-refractivity contribution in [3.8, 4) is 0 Å². The molecule has 0 aliphatic carbocycles. The van der Waals surface area contributed by atoms with E-state index >= 15 is 0 Å². The molecule has 0 saturated heterocycles. The lowest BCUT2D eigenvalue weighted by molar-refractivity contribution is 0.0923. The summed E-state index contributed by atoms with van der Waals surface area (Å²) in [5, 5.41) is 9.52. The molecule has 0 aromatic heterocycles. The summed E-state index contributed by atoms with van der Waals surface area (Å²) in [6.45, 7) is 2.31. The van der Waals surface area contributed by atoms with Gasteiger partial charge in [-0.3, -0.25) is 0 Å². The first-order chi connectivity index (χ1) is 7.74. The van der Waals surface area contributed by atoms with E-state index in [2.05, 4.69) is 4.65 Å². The second-order valence-corrected chi connectivity index (χ2v) is 3.33. The van der Waals surface area contributed by atoms with Gasteiger partial charge in [0.05, 0.1) is 6.61 Å². The third-order valence-electron chi connectivity index (χ3n) is 2.01. The maximum atomic E-state index is 11.1. The van der Waals surface area contributed by atoms with E-state index in [0.717, 1.165) is 12.8 Å². The highest BCUT2D eigenvalue weighted by atomic mass is 16.7. The van der Waals surface area contributed by atoms with Crippen LogP contribution in [0.4, 0.5) is 4.79 Å². The lowest BCUT2D eigenvalue weighted by Gasteiger charge is -2.08. The Balaban J connectivity index is 2.34. The van der Waals surface area contributed by atoms with E-state index in [4.69, 9.17) is 4.74 Å². The highest BCUT2D eigenvalue weighted by Gasteiger charge is 2.21. The maximum absolute atomic E-state index is 11.1. The summed E-state index contributed by atoms with van der Waals surface area (Å²) in [7, 11) is -1.27. The number of unbranched alkanes of at least 4 members (excludes halogenated alkanes) is 1. The van der Waals surface area contributed by atoms with Crippen LogP contribution >= 0.6 is 0 Å². The second-order valence-electron chi connectivity index (χ2n) is 3.33. The van der Waals surface area contributed by atoms with Crippen LogP contribution in [0.5, 0.6) is 0 Å². The van der Waals surface area contributed by atoms with Crippen molar-refractivity contribution >= 4 is 18.7 Å². The molecule has 0 aliphatic rings. The quantitative estimate of drug-likeness (QED) is 0.463. The zero-order valence-electron chi connectivity index (χ0n) is 9.26. The van der Waals surface area contributed by atoms with Crippen molar-refractivity contribution in [1.82, 2.24) is 0 Å². The summed E-state index contributed by atoms with van der Waals surface area (Å²) in [5.74, 6) is 0. The van der Waals surface area contributed by atoms with E-state index in [0.29, 0.717) is 12.1 Å². The summed E-state index contributed by atoms with van der Waals surface area (Å²) >= 11 is 0. The standard InChI is InChI=1S/C11H15BO4/c1-2-3-9-15-11(13)16-12(14)10-7-5-4-6-8-10/h4-8,14H,2-3,9H2,1H3. The van der Waals surface area contributed by atoms with Crippen molar-refractivity contribution in [1.29, 1.82) is 0 Å². The lowest BCUT2D eigenvalue weighted by atomic mass is 9.80. The fourth-order valence-electron chi connectivity index (χ4n) is 1.11. The van der Waals surface area contributed by atoms with Gasteiger partial charge in [0, 0.05) is 0 Å². The maximum Gasteiger partial charge on any atom is 0.564 e. The smallest absolute Gasteiger partial charge is 0.473 e. The predicted octanol–water partition coefficient (Wildman–Crippen LogP) is 1.33. The van der Waals surface area contributed by atoms with E-state index in [1.165, 1.54) is 0 Å². The second kappa shape index (κ2) is 6.90. The molecule has 0 spiro atoms. The molecule has 0 aliphatic heterocycles. The Morgan fingerprint density at radius 3 is 2.69 bits per heavy atom. The summed E-state index contributed by atoms with van der Waals surface area (Å²) in [6, 6.07) is 8.67. The first-order valence-electron chi connectivity index (χ1n) is 5.30. The molecule has 1 N–H and O–H groups in total. The van der Waals surface area contributed by atoms with Crippen LogP contribution in [0.2, 0.25) is 0 Å². The molecule has 16 heavy (non-hydrogen) atoms. The fourth-order valence-corrected chi connectivity index (χ4v) is 1.11. The van der Waals surface area contributed by atoms with Crippen molar-refractivity contribution in [2.24, 2.45) is 0 Å². The minimum absolute atomic E-state index is 0.316. The minimum Gasteiger partial charge on any atom is -0.473 e. The number of ether oxygens (including phenoxy) is 1. The van der Waals surface area contributed by atoms with Crippen LogP contribution in [-0.4, -0.2) is 24.9 Å². The first kappa shape index (κ1) is 12.6. The summed E-state index contributed by atoms with van der Waals surface area (Å²) in [6.07, 6.45) is 0.884. The fraction of sp³-hybridized carbons (Fsp3) is 0.364. The third-order valence-corrected chi connectivity index (χ3v) is 2.01. The predicted molar refractivity (Wildman–Crippen MR) is 61.4 cm³/mol. The first-order valence-corrected chi connectivity index (χ1v) is 5.30. The Bertz CT molecular complexity index is 315. The molecule has 0 radical (unpaired) electrons. The van der Waals surface area contributed by atoms with Gasteiger partial charge >= 0.3 is 13.3 Å². The molecule has 0 amide bonds. The third kappa shape index (κ3) is 4.36. The van der Waals surface area contributed by atoms with E-state index < -0.39 is 13.3 Å². The molecule has 0 unspecified atom stereocenters. The van der Waals surface area contributed by atoms with Crippen LogP contribution in [0.3, 0.4) is 0 Å². The molecule has 86 valence electrons. The highest BCUT2D eigenvalue weighted by molar-refractivity contribution is 6.61. The number of carbonyl (C=O) groups excluding carboxylic acids is 1. The molecule has 0 atom stereocenters.